The van der Waals surface area contributed by atoms with Crippen molar-refractivity contribution in [2.45, 2.75) is 25.4 Å². The molecule has 0 heterocycles. The van der Waals surface area contributed by atoms with Crippen LogP contribution in [0, 0.1) is 24.0 Å². The Morgan fingerprint density at radius 2 is 2.07 bits per heavy atom. The van der Waals surface area contributed by atoms with E-state index in [0.717, 1.165) is 12.1 Å². The van der Waals surface area contributed by atoms with Crippen molar-refractivity contribution < 1.29 is 13.9 Å². The maximum absolute atomic E-state index is 12.8. The Hall–Kier alpha value is -1.40. The van der Waals surface area contributed by atoms with Gasteiger partial charge in [0, 0.05) is 6.42 Å². The standard InChI is InChI=1S/C12H12F2O/c1-2-3-4-10(15)7-9-5-6-11(13)12(14)8-9/h1,5-6,8,10,15H,3-4,7H2. The van der Waals surface area contributed by atoms with Gasteiger partial charge in [0.05, 0.1) is 6.10 Å². The molecule has 1 aromatic rings. The van der Waals surface area contributed by atoms with Crippen molar-refractivity contribution in [1.82, 2.24) is 0 Å². The van der Waals surface area contributed by atoms with Gasteiger partial charge in [-0.05, 0) is 30.5 Å². The molecular formula is C12H12F2O. The highest BCUT2D eigenvalue weighted by Gasteiger charge is 2.07. The second kappa shape index (κ2) is 5.47. The van der Waals surface area contributed by atoms with Crippen LogP contribution in [0.2, 0.25) is 0 Å². The molecule has 0 radical (unpaired) electrons. The Morgan fingerprint density at radius 3 is 2.67 bits per heavy atom. The molecule has 1 nitrogen and oxygen atoms in total. The Labute approximate surface area is 87.7 Å². The lowest BCUT2D eigenvalue weighted by atomic mass is 10.0. The van der Waals surface area contributed by atoms with Crippen molar-refractivity contribution in [3.63, 3.8) is 0 Å². The molecule has 1 aromatic carbocycles. The van der Waals surface area contributed by atoms with Crippen molar-refractivity contribution in [2.75, 3.05) is 0 Å². The first-order chi connectivity index (χ1) is 7.13. The van der Waals surface area contributed by atoms with Crippen molar-refractivity contribution in [2.24, 2.45) is 0 Å². The van der Waals surface area contributed by atoms with Crippen LogP contribution >= 0.6 is 0 Å². The molecule has 0 saturated heterocycles. The van der Waals surface area contributed by atoms with Crippen molar-refractivity contribution in [1.29, 1.82) is 0 Å². The molecule has 1 rings (SSSR count). The van der Waals surface area contributed by atoms with E-state index >= 15 is 0 Å². The molecule has 1 atom stereocenters. The van der Waals surface area contributed by atoms with Crippen LogP contribution in [-0.2, 0) is 6.42 Å². The average molecular weight is 210 g/mol. The minimum Gasteiger partial charge on any atom is -0.393 e. The van der Waals surface area contributed by atoms with Crippen molar-refractivity contribution in [3.05, 3.63) is 35.4 Å². The van der Waals surface area contributed by atoms with Crippen LogP contribution in [0.1, 0.15) is 18.4 Å². The van der Waals surface area contributed by atoms with Gasteiger partial charge in [-0.1, -0.05) is 6.07 Å². The van der Waals surface area contributed by atoms with E-state index in [1.165, 1.54) is 6.07 Å². The third-order valence-electron chi connectivity index (χ3n) is 2.08. The van der Waals surface area contributed by atoms with E-state index in [9.17, 15) is 13.9 Å². The highest BCUT2D eigenvalue weighted by molar-refractivity contribution is 5.18. The highest BCUT2D eigenvalue weighted by atomic mass is 19.2. The fraction of sp³-hybridized carbons (Fsp3) is 0.333. The monoisotopic (exact) mass is 210 g/mol. The number of hydrogen-bond donors (Lipinski definition) is 1. The quantitative estimate of drug-likeness (QED) is 0.756. The van der Waals surface area contributed by atoms with E-state index in [1.807, 2.05) is 0 Å². The van der Waals surface area contributed by atoms with E-state index < -0.39 is 17.7 Å². The third kappa shape index (κ3) is 3.69. The lowest BCUT2D eigenvalue weighted by Crippen LogP contribution is -2.10. The summed E-state index contributed by atoms with van der Waals surface area (Å²) in [5.74, 6) is 0.641. The smallest absolute Gasteiger partial charge is 0.159 e. The topological polar surface area (TPSA) is 20.2 Å². The molecule has 1 N–H and O–H groups in total. The molecule has 0 aliphatic rings. The first-order valence-corrected chi connectivity index (χ1v) is 4.69. The predicted octanol–water partition coefficient (Wildman–Crippen LogP) is 2.28. The van der Waals surface area contributed by atoms with Crippen molar-refractivity contribution >= 4 is 0 Å². The largest absolute Gasteiger partial charge is 0.393 e. The zero-order valence-corrected chi connectivity index (χ0v) is 8.21. The molecule has 0 bridgehead atoms. The fourth-order valence-electron chi connectivity index (χ4n) is 1.29. The molecule has 80 valence electrons. The summed E-state index contributed by atoms with van der Waals surface area (Å²) in [5.41, 5.74) is 0.568. The van der Waals surface area contributed by atoms with Crippen LogP contribution < -0.4 is 0 Å². The highest BCUT2D eigenvalue weighted by Crippen LogP contribution is 2.12. The van der Waals surface area contributed by atoms with Gasteiger partial charge in [0.25, 0.3) is 0 Å². The van der Waals surface area contributed by atoms with Gasteiger partial charge in [-0.25, -0.2) is 8.78 Å². The van der Waals surface area contributed by atoms with Gasteiger partial charge in [-0.3, -0.25) is 0 Å². The maximum Gasteiger partial charge on any atom is 0.159 e. The number of aliphatic hydroxyl groups is 1. The number of halogens is 2. The molecule has 15 heavy (non-hydrogen) atoms. The van der Waals surface area contributed by atoms with Gasteiger partial charge < -0.3 is 5.11 Å². The van der Waals surface area contributed by atoms with Gasteiger partial charge in [0.15, 0.2) is 11.6 Å². The molecule has 0 saturated carbocycles. The first-order valence-electron chi connectivity index (χ1n) is 4.69. The van der Waals surface area contributed by atoms with Gasteiger partial charge in [-0.2, -0.15) is 0 Å². The Morgan fingerprint density at radius 1 is 1.33 bits per heavy atom. The molecule has 0 aliphatic heterocycles. The first kappa shape index (κ1) is 11.7. The molecule has 0 amide bonds. The molecule has 0 fully saturated rings. The van der Waals surface area contributed by atoms with Crippen molar-refractivity contribution in [3.8, 4) is 12.3 Å². The molecular weight excluding hydrogens is 198 g/mol. The van der Waals surface area contributed by atoms with Crippen LogP contribution in [0.5, 0.6) is 0 Å². The minimum absolute atomic E-state index is 0.291. The number of rotatable bonds is 4. The summed E-state index contributed by atoms with van der Waals surface area (Å²) >= 11 is 0. The number of terminal acetylenes is 1. The summed E-state index contributed by atoms with van der Waals surface area (Å²) in [5, 5.41) is 9.48. The van der Waals surface area contributed by atoms with Gasteiger partial charge in [0.1, 0.15) is 0 Å². The van der Waals surface area contributed by atoms with Crippen LogP contribution in [0.3, 0.4) is 0 Å². The minimum atomic E-state index is -0.892. The Kier molecular flexibility index (Phi) is 4.26. The average Bonchev–Trinajstić information content (AvgIpc) is 2.20. The van der Waals surface area contributed by atoms with Crippen LogP contribution in [0.15, 0.2) is 18.2 Å². The Balaban J connectivity index is 2.57. The second-order valence-electron chi connectivity index (χ2n) is 3.35. The van der Waals surface area contributed by atoms with Crippen LogP contribution in [0.25, 0.3) is 0 Å². The second-order valence-corrected chi connectivity index (χ2v) is 3.35. The Bertz CT molecular complexity index is 368. The molecule has 1 unspecified atom stereocenters. The maximum atomic E-state index is 12.8. The number of benzene rings is 1. The van der Waals surface area contributed by atoms with E-state index in [2.05, 4.69) is 5.92 Å². The third-order valence-corrected chi connectivity index (χ3v) is 2.08. The normalized spacial score (nSPS) is 12.1. The van der Waals surface area contributed by atoms with E-state index in [1.54, 1.807) is 0 Å². The zero-order valence-electron chi connectivity index (χ0n) is 8.21. The SMILES string of the molecule is C#CCCC(O)Cc1ccc(F)c(F)c1. The number of hydrogen-bond acceptors (Lipinski definition) is 1. The van der Waals surface area contributed by atoms with E-state index in [0.29, 0.717) is 24.8 Å². The number of aliphatic hydroxyl groups excluding tert-OH is 1. The van der Waals surface area contributed by atoms with Crippen LogP contribution in [0.4, 0.5) is 8.78 Å². The summed E-state index contributed by atoms with van der Waals surface area (Å²) in [7, 11) is 0. The molecule has 3 heteroatoms. The zero-order chi connectivity index (χ0) is 11.3. The van der Waals surface area contributed by atoms with Gasteiger partial charge in [0.2, 0.25) is 0 Å². The fourth-order valence-corrected chi connectivity index (χ4v) is 1.29. The van der Waals surface area contributed by atoms with Gasteiger partial charge >= 0.3 is 0 Å². The van der Waals surface area contributed by atoms with Crippen LogP contribution in [-0.4, -0.2) is 11.2 Å². The van der Waals surface area contributed by atoms with Gasteiger partial charge in [-0.15, -0.1) is 12.3 Å². The summed E-state index contributed by atoms with van der Waals surface area (Å²) in [6, 6.07) is 3.60. The lowest BCUT2D eigenvalue weighted by molar-refractivity contribution is 0.166. The summed E-state index contributed by atoms with van der Waals surface area (Å²) in [6.07, 6.45) is 5.67. The molecule has 0 aromatic heterocycles. The van der Waals surface area contributed by atoms with E-state index in [-0.39, 0.29) is 0 Å². The molecule has 0 aliphatic carbocycles. The molecule has 0 spiro atoms. The summed E-state index contributed by atoms with van der Waals surface area (Å²) in [4.78, 5) is 0. The summed E-state index contributed by atoms with van der Waals surface area (Å²) < 4.78 is 25.4. The predicted molar refractivity (Wildman–Crippen MR) is 54.1 cm³/mol. The summed E-state index contributed by atoms with van der Waals surface area (Å²) in [6.45, 7) is 0. The van der Waals surface area contributed by atoms with E-state index in [4.69, 9.17) is 6.42 Å². The lowest BCUT2D eigenvalue weighted by Gasteiger charge is -2.08.